The van der Waals surface area contributed by atoms with E-state index < -0.39 is 12.1 Å². The van der Waals surface area contributed by atoms with Gasteiger partial charge in [-0.3, -0.25) is 4.79 Å². The first kappa shape index (κ1) is 18.9. The van der Waals surface area contributed by atoms with Crippen LogP contribution >= 0.6 is 0 Å². The summed E-state index contributed by atoms with van der Waals surface area (Å²) in [5.41, 5.74) is 3.67. The zero-order chi connectivity index (χ0) is 19.4. The summed E-state index contributed by atoms with van der Waals surface area (Å²) in [5, 5.41) is 18.9. The highest BCUT2D eigenvalue weighted by Crippen LogP contribution is 2.37. The quantitative estimate of drug-likeness (QED) is 0.411. The molecule has 1 aromatic carbocycles. The number of aliphatic imine (C=N–C) groups is 1. The lowest BCUT2D eigenvalue weighted by molar-refractivity contribution is -0.138. The molecule has 0 fully saturated rings. The molecule has 1 radical (unpaired) electrons. The Hall–Kier alpha value is -2.91. The number of aliphatic hydroxyl groups excluding tert-OH is 1. The number of aliphatic hydroxyl groups is 1. The molecule has 0 spiro atoms. The number of carbonyl (C=O) groups is 2. The maximum absolute atomic E-state index is 12.0. The number of fused-ring (bicyclic) bond motifs is 3. The number of benzene rings is 1. The Labute approximate surface area is 157 Å². The van der Waals surface area contributed by atoms with Gasteiger partial charge in [-0.2, -0.15) is 4.99 Å². The number of nitrogens with zero attached hydrogens (tertiary/aromatic N) is 2. The molecule has 2 aliphatic rings. The van der Waals surface area contributed by atoms with E-state index >= 15 is 0 Å². The van der Waals surface area contributed by atoms with Crippen LogP contribution in [0.2, 0.25) is 0 Å². The van der Waals surface area contributed by atoms with E-state index in [2.05, 4.69) is 20.9 Å². The van der Waals surface area contributed by atoms with Crippen LogP contribution < -0.4 is 20.9 Å². The van der Waals surface area contributed by atoms with Crippen LogP contribution in [0.1, 0.15) is 13.8 Å². The van der Waals surface area contributed by atoms with Gasteiger partial charge in [-0.05, 0) is 24.0 Å². The van der Waals surface area contributed by atoms with Crippen LogP contribution in [0.15, 0.2) is 34.6 Å². The van der Waals surface area contributed by atoms with Crippen molar-refractivity contribution in [1.82, 2.24) is 10.2 Å². The minimum Gasteiger partial charge on any atom is -0.461 e. The van der Waals surface area contributed by atoms with E-state index in [0.717, 1.165) is 22.8 Å². The smallest absolute Gasteiger partial charge is 0.363 e. The molecule has 27 heavy (non-hydrogen) atoms. The first-order chi connectivity index (χ1) is 13.0. The van der Waals surface area contributed by atoms with Gasteiger partial charge in [0, 0.05) is 31.8 Å². The topological polar surface area (TPSA) is 118 Å². The van der Waals surface area contributed by atoms with E-state index in [1.54, 1.807) is 13.3 Å². The molecule has 0 saturated carbocycles. The number of anilines is 3. The number of amides is 1. The zero-order valence-corrected chi connectivity index (χ0v) is 15.3. The Bertz CT molecular complexity index is 805. The number of nitrogens with one attached hydrogen (secondary N) is 3. The van der Waals surface area contributed by atoms with Crippen molar-refractivity contribution >= 4 is 35.3 Å². The van der Waals surface area contributed by atoms with E-state index in [1.807, 2.05) is 23.1 Å². The van der Waals surface area contributed by atoms with Crippen molar-refractivity contribution in [2.24, 2.45) is 4.99 Å². The van der Waals surface area contributed by atoms with Crippen LogP contribution in [0.3, 0.4) is 0 Å². The standard InChI is InChI=1S/C18H23N5O4/c1-3-27-18(26)17-16-9-21-14-6-12(4-5-15(14)23(16)10-22-17)20-8-13(25)7-19-11(2)24/h4-6,10,13,20-21,25H,3,7-9H2,1-2H3,(H,19,24)/q+1/t13-/m1/s1. The highest BCUT2D eigenvalue weighted by molar-refractivity contribution is 5.97. The van der Waals surface area contributed by atoms with Gasteiger partial charge in [0.05, 0.1) is 19.3 Å². The molecule has 2 aliphatic heterocycles. The van der Waals surface area contributed by atoms with E-state index in [4.69, 9.17) is 4.74 Å². The van der Waals surface area contributed by atoms with Crippen LogP contribution in [0.4, 0.5) is 17.1 Å². The Morgan fingerprint density at radius 1 is 1.41 bits per heavy atom. The average molecular weight is 373 g/mol. The second-order valence-corrected chi connectivity index (χ2v) is 6.19. The van der Waals surface area contributed by atoms with Gasteiger partial charge in [0.15, 0.2) is 0 Å². The second kappa shape index (κ2) is 8.19. The average Bonchev–Trinajstić information content (AvgIpc) is 3.09. The van der Waals surface area contributed by atoms with Gasteiger partial charge in [-0.1, -0.05) is 0 Å². The van der Waals surface area contributed by atoms with Gasteiger partial charge in [0.25, 0.3) is 6.34 Å². The third-order valence-corrected chi connectivity index (χ3v) is 4.17. The summed E-state index contributed by atoms with van der Waals surface area (Å²) in [6.45, 7) is 4.43. The fraction of sp³-hybridized carbons (Fsp3) is 0.389. The van der Waals surface area contributed by atoms with Crippen LogP contribution in [0.5, 0.6) is 0 Å². The van der Waals surface area contributed by atoms with Gasteiger partial charge in [-0.15, -0.1) is 0 Å². The Morgan fingerprint density at radius 3 is 2.96 bits per heavy atom. The molecule has 0 bridgehead atoms. The molecule has 0 aliphatic carbocycles. The highest BCUT2D eigenvalue weighted by Gasteiger charge is 2.41. The Morgan fingerprint density at radius 2 is 2.22 bits per heavy atom. The molecule has 143 valence electrons. The molecule has 0 saturated heterocycles. The van der Waals surface area contributed by atoms with Crippen LogP contribution in [-0.2, 0) is 14.3 Å². The van der Waals surface area contributed by atoms with Crippen molar-refractivity contribution in [3.05, 3.63) is 29.6 Å². The van der Waals surface area contributed by atoms with Crippen LogP contribution in [0.25, 0.3) is 0 Å². The van der Waals surface area contributed by atoms with Gasteiger partial charge in [-0.25, -0.2) is 4.79 Å². The lowest BCUT2D eigenvalue weighted by atomic mass is 10.1. The normalized spacial score (nSPS) is 16.3. The summed E-state index contributed by atoms with van der Waals surface area (Å²) < 4.78 is 5.05. The third-order valence-electron chi connectivity index (χ3n) is 4.17. The molecule has 3 rings (SSSR count). The van der Waals surface area contributed by atoms with Crippen molar-refractivity contribution in [3.8, 4) is 0 Å². The summed E-state index contributed by atoms with van der Waals surface area (Å²) in [4.78, 5) is 28.9. The van der Waals surface area contributed by atoms with Crippen LogP contribution in [-0.4, -0.2) is 55.7 Å². The summed E-state index contributed by atoms with van der Waals surface area (Å²) in [5.74, 6) is -0.603. The predicted molar refractivity (Wildman–Crippen MR) is 102 cm³/mol. The molecule has 1 atom stereocenters. The summed E-state index contributed by atoms with van der Waals surface area (Å²) in [6, 6.07) is 5.71. The maximum atomic E-state index is 12.0. The first-order valence-electron chi connectivity index (χ1n) is 8.77. The van der Waals surface area contributed by atoms with Gasteiger partial charge >= 0.3 is 5.97 Å². The largest absolute Gasteiger partial charge is 0.461 e. The Balaban J connectivity index is 1.67. The zero-order valence-electron chi connectivity index (χ0n) is 15.3. The number of hydrogen-bond acceptors (Lipinski definition) is 8. The lowest BCUT2D eigenvalue weighted by Gasteiger charge is -2.19. The lowest BCUT2D eigenvalue weighted by Crippen LogP contribution is -2.34. The molecule has 0 unspecified atom stereocenters. The SMILES string of the molecule is CCOC(=O)C1=C2CNc3cc(NC[C@H](O)CNC(C)=O)ccc3[N+]2C=N1. The van der Waals surface area contributed by atoms with E-state index in [1.165, 1.54) is 6.92 Å². The minimum absolute atomic E-state index is 0.176. The van der Waals surface area contributed by atoms with E-state index in [9.17, 15) is 14.7 Å². The Kier molecular flexibility index (Phi) is 5.72. The number of hydrogen-bond donors (Lipinski definition) is 4. The molecule has 0 aromatic heterocycles. The summed E-state index contributed by atoms with van der Waals surface area (Å²) in [7, 11) is 0. The first-order valence-corrected chi connectivity index (χ1v) is 8.77. The number of ether oxygens (including phenoxy) is 1. The van der Waals surface area contributed by atoms with Crippen molar-refractivity contribution in [2.45, 2.75) is 20.0 Å². The fourth-order valence-electron chi connectivity index (χ4n) is 2.87. The van der Waals surface area contributed by atoms with Gasteiger partial charge in [0.1, 0.15) is 5.69 Å². The van der Waals surface area contributed by atoms with Crippen LogP contribution in [0, 0.1) is 0 Å². The van der Waals surface area contributed by atoms with Crippen molar-refractivity contribution < 1.29 is 19.4 Å². The second-order valence-electron chi connectivity index (χ2n) is 6.19. The predicted octanol–water partition coefficient (Wildman–Crippen LogP) is 0.609. The van der Waals surface area contributed by atoms with Crippen molar-refractivity contribution in [2.75, 3.05) is 36.9 Å². The third kappa shape index (κ3) is 4.26. The van der Waals surface area contributed by atoms with Gasteiger partial charge < -0.3 is 25.8 Å². The molecule has 1 amide bonds. The molecule has 1 aromatic rings. The molecular formula is C18H23N5O4+. The maximum Gasteiger partial charge on any atom is 0.363 e. The summed E-state index contributed by atoms with van der Waals surface area (Å²) in [6.07, 6.45) is 0.927. The highest BCUT2D eigenvalue weighted by atomic mass is 16.5. The monoisotopic (exact) mass is 373 g/mol. The number of esters is 1. The molecule has 2 heterocycles. The summed E-state index contributed by atoms with van der Waals surface area (Å²) >= 11 is 0. The van der Waals surface area contributed by atoms with E-state index in [0.29, 0.717) is 25.4 Å². The molecule has 9 heteroatoms. The molecule has 9 nitrogen and oxygen atoms in total. The number of carbonyl (C=O) groups excluding carboxylic acids is 2. The fourth-order valence-corrected chi connectivity index (χ4v) is 2.87. The molecular weight excluding hydrogens is 350 g/mol. The van der Waals surface area contributed by atoms with Gasteiger partial charge in [0.2, 0.25) is 23.0 Å². The minimum atomic E-state index is -0.690. The molecule has 4 N–H and O–H groups in total. The van der Waals surface area contributed by atoms with Crippen molar-refractivity contribution in [1.29, 1.82) is 0 Å². The number of rotatable bonds is 7. The van der Waals surface area contributed by atoms with Crippen molar-refractivity contribution in [3.63, 3.8) is 0 Å². The van der Waals surface area contributed by atoms with E-state index in [-0.39, 0.29) is 12.5 Å².